The van der Waals surface area contributed by atoms with Crippen LogP contribution in [-0.4, -0.2) is 32.5 Å². The largest absolute Gasteiger partial charge is 0.493 e. The van der Waals surface area contributed by atoms with Gasteiger partial charge in [-0.1, -0.05) is 0 Å². The van der Waals surface area contributed by atoms with Gasteiger partial charge in [0, 0.05) is 28.0 Å². The maximum absolute atomic E-state index is 12.8. The monoisotopic (exact) mass is 442 g/mol. The lowest BCUT2D eigenvalue weighted by atomic mass is 10.2. The van der Waals surface area contributed by atoms with Crippen molar-refractivity contribution >= 4 is 39.4 Å². The van der Waals surface area contributed by atoms with Crippen LogP contribution in [0.15, 0.2) is 45.8 Å². The lowest BCUT2D eigenvalue weighted by molar-refractivity contribution is 0.252. The Morgan fingerprint density at radius 3 is 2.46 bits per heavy atom. The lowest BCUT2D eigenvalue weighted by Crippen LogP contribution is -2.29. The Morgan fingerprint density at radius 1 is 1.15 bits per heavy atom. The second kappa shape index (κ2) is 10.3. The molecule has 2 amide bonds. The van der Waals surface area contributed by atoms with Crippen LogP contribution in [0, 0.1) is 5.82 Å². The van der Waals surface area contributed by atoms with Crippen LogP contribution in [0.2, 0.25) is 0 Å². The molecule has 8 heteroatoms. The Bertz CT molecular complexity index is 744. The van der Waals surface area contributed by atoms with E-state index in [9.17, 15) is 9.18 Å². The molecule has 2 rings (SSSR count). The van der Waals surface area contributed by atoms with Crippen LogP contribution in [0.5, 0.6) is 11.5 Å². The van der Waals surface area contributed by atoms with Crippen LogP contribution in [0.1, 0.15) is 6.42 Å². The molecule has 0 spiro atoms. The van der Waals surface area contributed by atoms with Crippen molar-refractivity contribution in [3.8, 4) is 11.5 Å². The van der Waals surface area contributed by atoms with E-state index in [2.05, 4.69) is 26.6 Å². The van der Waals surface area contributed by atoms with E-state index < -0.39 is 0 Å². The van der Waals surface area contributed by atoms with Gasteiger partial charge in [0.15, 0.2) is 11.5 Å². The Labute approximate surface area is 164 Å². The minimum atomic E-state index is -0.301. The number of hydrogen-bond donors (Lipinski definition) is 2. The van der Waals surface area contributed by atoms with E-state index in [-0.39, 0.29) is 11.8 Å². The van der Waals surface area contributed by atoms with Gasteiger partial charge in [-0.15, -0.1) is 11.8 Å². The SMILES string of the molecule is COc1cc(Br)c(NC(=O)NCCCSc2ccc(F)cc2)cc1OC. The smallest absolute Gasteiger partial charge is 0.319 e. The summed E-state index contributed by atoms with van der Waals surface area (Å²) in [5.74, 6) is 1.69. The highest BCUT2D eigenvalue weighted by molar-refractivity contribution is 9.10. The van der Waals surface area contributed by atoms with Gasteiger partial charge in [-0.2, -0.15) is 0 Å². The zero-order chi connectivity index (χ0) is 18.9. The Kier molecular flexibility index (Phi) is 8.06. The topological polar surface area (TPSA) is 59.6 Å². The molecule has 0 atom stereocenters. The number of halogens is 2. The number of urea groups is 1. The number of anilines is 1. The highest BCUT2D eigenvalue weighted by Crippen LogP contribution is 2.36. The summed E-state index contributed by atoms with van der Waals surface area (Å²) < 4.78 is 24.0. The van der Waals surface area contributed by atoms with Crippen molar-refractivity contribution < 1.29 is 18.7 Å². The van der Waals surface area contributed by atoms with E-state index in [1.165, 1.54) is 19.2 Å². The van der Waals surface area contributed by atoms with Gasteiger partial charge in [-0.3, -0.25) is 0 Å². The van der Waals surface area contributed by atoms with E-state index in [0.29, 0.717) is 28.2 Å². The first-order valence-corrected chi connectivity index (χ1v) is 9.66. The molecule has 0 aliphatic carbocycles. The molecule has 2 aromatic carbocycles. The normalized spacial score (nSPS) is 10.3. The summed E-state index contributed by atoms with van der Waals surface area (Å²) in [5, 5.41) is 5.57. The molecule has 0 unspecified atom stereocenters. The molecule has 0 aliphatic rings. The predicted octanol–water partition coefficient (Wildman–Crippen LogP) is 4.91. The van der Waals surface area contributed by atoms with E-state index in [0.717, 1.165) is 17.1 Å². The highest BCUT2D eigenvalue weighted by Gasteiger charge is 2.11. The van der Waals surface area contributed by atoms with Gasteiger partial charge in [0.05, 0.1) is 19.9 Å². The molecule has 140 valence electrons. The molecule has 0 saturated carbocycles. The van der Waals surface area contributed by atoms with Crippen molar-refractivity contribution in [1.29, 1.82) is 0 Å². The van der Waals surface area contributed by atoms with Crippen molar-refractivity contribution in [3.05, 3.63) is 46.7 Å². The van der Waals surface area contributed by atoms with Gasteiger partial charge in [-0.25, -0.2) is 9.18 Å². The number of rotatable bonds is 8. The molecule has 2 aromatic rings. The Morgan fingerprint density at radius 2 is 1.81 bits per heavy atom. The summed E-state index contributed by atoms with van der Waals surface area (Å²) in [6.45, 7) is 0.533. The van der Waals surface area contributed by atoms with Crippen molar-refractivity contribution in [2.75, 3.05) is 31.8 Å². The number of carbonyl (C=O) groups excluding carboxylic acids is 1. The average molecular weight is 443 g/mol. The van der Waals surface area contributed by atoms with E-state index in [1.54, 1.807) is 43.1 Å². The van der Waals surface area contributed by atoms with Crippen molar-refractivity contribution in [1.82, 2.24) is 5.32 Å². The van der Waals surface area contributed by atoms with Crippen molar-refractivity contribution in [3.63, 3.8) is 0 Å². The fourth-order valence-electron chi connectivity index (χ4n) is 2.11. The fraction of sp³-hybridized carbons (Fsp3) is 0.278. The first-order valence-electron chi connectivity index (χ1n) is 7.88. The van der Waals surface area contributed by atoms with Gasteiger partial charge >= 0.3 is 6.03 Å². The Hall–Kier alpha value is -1.93. The quantitative estimate of drug-likeness (QED) is 0.450. The van der Waals surface area contributed by atoms with Gasteiger partial charge in [-0.05, 0) is 52.4 Å². The zero-order valence-electron chi connectivity index (χ0n) is 14.5. The van der Waals surface area contributed by atoms with E-state index >= 15 is 0 Å². The average Bonchev–Trinajstić information content (AvgIpc) is 2.64. The molecule has 0 bridgehead atoms. The molecule has 0 saturated heterocycles. The third-order valence-corrected chi connectivity index (χ3v) is 5.16. The molecule has 0 fully saturated rings. The summed E-state index contributed by atoms with van der Waals surface area (Å²) in [4.78, 5) is 13.0. The first kappa shape index (κ1) is 20.4. The number of nitrogens with one attached hydrogen (secondary N) is 2. The van der Waals surface area contributed by atoms with E-state index in [1.807, 2.05) is 0 Å². The summed E-state index contributed by atoms with van der Waals surface area (Å²) >= 11 is 5.02. The van der Waals surface area contributed by atoms with Crippen LogP contribution in [-0.2, 0) is 0 Å². The molecule has 5 nitrogen and oxygen atoms in total. The number of ether oxygens (including phenoxy) is 2. The highest BCUT2D eigenvalue weighted by atomic mass is 79.9. The van der Waals surface area contributed by atoms with Crippen LogP contribution in [0.3, 0.4) is 0 Å². The molecular weight excluding hydrogens is 423 g/mol. The molecule has 0 heterocycles. The number of benzene rings is 2. The summed E-state index contributed by atoms with van der Waals surface area (Å²) in [5.41, 5.74) is 0.584. The molecular formula is C18H20BrFN2O3S. The van der Waals surface area contributed by atoms with Crippen LogP contribution >= 0.6 is 27.7 Å². The summed E-state index contributed by atoms with van der Waals surface area (Å²) in [6.07, 6.45) is 0.794. The third-order valence-electron chi connectivity index (χ3n) is 3.41. The predicted molar refractivity (Wildman–Crippen MR) is 106 cm³/mol. The lowest BCUT2D eigenvalue weighted by Gasteiger charge is -2.13. The number of hydrogen-bond acceptors (Lipinski definition) is 4. The maximum atomic E-state index is 12.8. The molecule has 0 aliphatic heterocycles. The zero-order valence-corrected chi connectivity index (χ0v) is 16.9. The minimum Gasteiger partial charge on any atom is -0.493 e. The standard InChI is InChI=1S/C18H20BrFN2O3S/c1-24-16-10-14(19)15(11-17(16)25-2)22-18(23)21-8-3-9-26-13-6-4-12(20)5-7-13/h4-7,10-11H,3,8-9H2,1-2H3,(H2,21,22,23). The van der Waals surface area contributed by atoms with Gasteiger partial charge < -0.3 is 20.1 Å². The van der Waals surface area contributed by atoms with Crippen LogP contribution < -0.4 is 20.1 Å². The van der Waals surface area contributed by atoms with Crippen LogP contribution in [0.25, 0.3) is 0 Å². The van der Waals surface area contributed by atoms with Crippen LogP contribution in [0.4, 0.5) is 14.9 Å². The van der Waals surface area contributed by atoms with Crippen molar-refractivity contribution in [2.45, 2.75) is 11.3 Å². The van der Waals surface area contributed by atoms with Gasteiger partial charge in [0.25, 0.3) is 0 Å². The number of amides is 2. The van der Waals surface area contributed by atoms with Gasteiger partial charge in [0.2, 0.25) is 0 Å². The Balaban J connectivity index is 1.75. The van der Waals surface area contributed by atoms with E-state index in [4.69, 9.17) is 9.47 Å². The second-order valence-corrected chi connectivity index (χ2v) is 7.25. The maximum Gasteiger partial charge on any atom is 0.319 e. The molecule has 26 heavy (non-hydrogen) atoms. The summed E-state index contributed by atoms with van der Waals surface area (Å²) in [7, 11) is 3.09. The number of carbonyl (C=O) groups is 1. The summed E-state index contributed by atoms with van der Waals surface area (Å²) in [6, 6.07) is 9.48. The fourth-order valence-corrected chi connectivity index (χ4v) is 3.39. The molecule has 0 aromatic heterocycles. The third kappa shape index (κ3) is 6.10. The molecule has 0 radical (unpaired) electrons. The second-order valence-electron chi connectivity index (χ2n) is 5.22. The molecule has 2 N–H and O–H groups in total. The van der Waals surface area contributed by atoms with Crippen molar-refractivity contribution in [2.24, 2.45) is 0 Å². The minimum absolute atomic E-state index is 0.242. The first-order chi connectivity index (χ1) is 12.5. The van der Waals surface area contributed by atoms with Gasteiger partial charge in [0.1, 0.15) is 5.82 Å². The number of methoxy groups -OCH3 is 2. The number of thioether (sulfide) groups is 1.